The Bertz CT molecular complexity index is 410. The lowest BCUT2D eigenvalue weighted by Gasteiger charge is -2.20. The molecule has 4 heteroatoms. The van der Waals surface area contributed by atoms with Gasteiger partial charge < -0.3 is 14.8 Å². The second-order valence-corrected chi connectivity index (χ2v) is 5.85. The fourth-order valence-electron chi connectivity index (χ4n) is 2.38. The summed E-state index contributed by atoms with van der Waals surface area (Å²) in [5.41, 5.74) is 1.33. The average molecular weight is 279 g/mol. The standard InChI is InChI=1S/C16H29N3O/c1-6-17-16(13(2)3)14-9-11-19(12-14)10-7-8-15(20)18(4)5/h9,11-13,16-17H,6-8,10H2,1-5H3. The highest BCUT2D eigenvalue weighted by Crippen LogP contribution is 2.21. The largest absolute Gasteiger partial charge is 0.354 e. The Morgan fingerprint density at radius 2 is 2.10 bits per heavy atom. The third-order valence-electron chi connectivity index (χ3n) is 3.53. The first-order chi connectivity index (χ1) is 9.45. The molecule has 4 nitrogen and oxygen atoms in total. The van der Waals surface area contributed by atoms with Gasteiger partial charge in [0.25, 0.3) is 0 Å². The van der Waals surface area contributed by atoms with Crippen LogP contribution in [0.25, 0.3) is 0 Å². The summed E-state index contributed by atoms with van der Waals surface area (Å²) in [5.74, 6) is 0.770. The number of hydrogen-bond donors (Lipinski definition) is 1. The molecule has 1 heterocycles. The summed E-state index contributed by atoms with van der Waals surface area (Å²) in [6.45, 7) is 8.49. The van der Waals surface area contributed by atoms with Crippen molar-refractivity contribution in [2.75, 3.05) is 20.6 Å². The monoisotopic (exact) mass is 279 g/mol. The van der Waals surface area contributed by atoms with Crippen molar-refractivity contribution in [2.24, 2.45) is 5.92 Å². The molecular weight excluding hydrogens is 250 g/mol. The van der Waals surface area contributed by atoms with Crippen molar-refractivity contribution in [1.29, 1.82) is 0 Å². The van der Waals surface area contributed by atoms with E-state index in [9.17, 15) is 4.79 Å². The number of rotatable bonds is 8. The van der Waals surface area contributed by atoms with Crippen molar-refractivity contribution in [1.82, 2.24) is 14.8 Å². The number of aromatic nitrogens is 1. The molecule has 20 heavy (non-hydrogen) atoms. The van der Waals surface area contributed by atoms with E-state index in [4.69, 9.17) is 0 Å². The number of carbonyl (C=O) groups excluding carboxylic acids is 1. The quantitative estimate of drug-likeness (QED) is 0.794. The van der Waals surface area contributed by atoms with Crippen LogP contribution in [0, 0.1) is 5.92 Å². The molecule has 114 valence electrons. The van der Waals surface area contributed by atoms with Crippen LogP contribution in [0.3, 0.4) is 0 Å². The van der Waals surface area contributed by atoms with E-state index >= 15 is 0 Å². The molecule has 0 saturated heterocycles. The fraction of sp³-hybridized carbons (Fsp3) is 0.688. The van der Waals surface area contributed by atoms with E-state index in [1.807, 2.05) is 0 Å². The molecule has 0 aliphatic rings. The van der Waals surface area contributed by atoms with Crippen molar-refractivity contribution in [3.8, 4) is 0 Å². The summed E-state index contributed by atoms with van der Waals surface area (Å²) in [6.07, 6.45) is 5.82. The van der Waals surface area contributed by atoms with Crippen molar-refractivity contribution in [2.45, 2.75) is 46.2 Å². The molecular formula is C16H29N3O. The second kappa shape index (κ2) is 8.10. The number of hydrogen-bond acceptors (Lipinski definition) is 2. The van der Waals surface area contributed by atoms with E-state index in [-0.39, 0.29) is 5.91 Å². The first kappa shape index (κ1) is 16.8. The molecule has 1 aromatic rings. The van der Waals surface area contributed by atoms with Crippen LogP contribution < -0.4 is 5.32 Å². The Balaban J connectivity index is 2.52. The number of aryl methyl sites for hydroxylation is 1. The van der Waals surface area contributed by atoms with Crippen LogP contribution in [-0.2, 0) is 11.3 Å². The van der Waals surface area contributed by atoms with Gasteiger partial charge >= 0.3 is 0 Å². The van der Waals surface area contributed by atoms with Gasteiger partial charge in [-0.15, -0.1) is 0 Å². The first-order valence-electron chi connectivity index (χ1n) is 7.55. The summed E-state index contributed by atoms with van der Waals surface area (Å²) in [5, 5.41) is 3.53. The Labute approximate surface area is 123 Å². The van der Waals surface area contributed by atoms with E-state index < -0.39 is 0 Å². The number of carbonyl (C=O) groups is 1. The van der Waals surface area contributed by atoms with Gasteiger partial charge in [-0.2, -0.15) is 0 Å². The van der Waals surface area contributed by atoms with Crippen LogP contribution in [-0.4, -0.2) is 36.0 Å². The predicted molar refractivity (Wildman–Crippen MR) is 83.6 cm³/mol. The molecule has 1 rings (SSSR count). The lowest BCUT2D eigenvalue weighted by Crippen LogP contribution is -2.25. The molecule has 0 bridgehead atoms. The maximum atomic E-state index is 11.5. The van der Waals surface area contributed by atoms with Gasteiger partial charge in [-0.1, -0.05) is 20.8 Å². The molecule has 1 atom stereocenters. The molecule has 0 aliphatic heterocycles. The van der Waals surface area contributed by atoms with Crippen LogP contribution in [0.1, 0.15) is 45.2 Å². The average Bonchev–Trinajstić information content (AvgIpc) is 2.83. The van der Waals surface area contributed by atoms with Crippen LogP contribution in [0.2, 0.25) is 0 Å². The maximum absolute atomic E-state index is 11.5. The summed E-state index contributed by atoms with van der Waals surface area (Å²) in [7, 11) is 3.61. The Kier molecular flexibility index (Phi) is 6.79. The van der Waals surface area contributed by atoms with Gasteiger partial charge in [0.05, 0.1) is 0 Å². The zero-order chi connectivity index (χ0) is 15.1. The molecule has 1 amide bonds. The molecule has 1 unspecified atom stereocenters. The molecule has 0 aromatic carbocycles. The van der Waals surface area contributed by atoms with E-state index in [1.165, 1.54) is 5.56 Å². The van der Waals surface area contributed by atoms with Crippen LogP contribution in [0.15, 0.2) is 18.5 Å². The minimum atomic E-state index is 0.199. The van der Waals surface area contributed by atoms with Crippen molar-refractivity contribution < 1.29 is 4.79 Å². The Hall–Kier alpha value is -1.29. The zero-order valence-corrected chi connectivity index (χ0v) is 13.5. The summed E-state index contributed by atoms with van der Waals surface area (Å²) in [4.78, 5) is 13.2. The van der Waals surface area contributed by atoms with E-state index in [0.717, 1.165) is 19.5 Å². The summed E-state index contributed by atoms with van der Waals surface area (Å²) < 4.78 is 2.19. The van der Waals surface area contributed by atoms with Gasteiger partial charge in [-0.05, 0) is 30.5 Å². The van der Waals surface area contributed by atoms with Gasteiger partial charge in [-0.25, -0.2) is 0 Å². The Morgan fingerprint density at radius 3 is 2.65 bits per heavy atom. The lowest BCUT2D eigenvalue weighted by atomic mass is 9.98. The second-order valence-electron chi connectivity index (χ2n) is 5.85. The number of nitrogens with one attached hydrogen (secondary N) is 1. The van der Waals surface area contributed by atoms with Gasteiger partial charge in [-0.3, -0.25) is 4.79 Å². The Morgan fingerprint density at radius 1 is 1.40 bits per heavy atom. The van der Waals surface area contributed by atoms with Crippen LogP contribution in [0.5, 0.6) is 0 Å². The molecule has 1 aromatic heterocycles. The third kappa shape index (κ3) is 5.00. The predicted octanol–water partition coefficient (Wildman–Crippen LogP) is 2.66. The molecule has 0 saturated carbocycles. The van der Waals surface area contributed by atoms with Gasteiger partial charge in [0.2, 0.25) is 5.91 Å². The van der Waals surface area contributed by atoms with E-state index in [2.05, 4.69) is 49.1 Å². The molecule has 0 spiro atoms. The topological polar surface area (TPSA) is 37.3 Å². The molecule has 0 fully saturated rings. The highest BCUT2D eigenvalue weighted by atomic mass is 16.2. The van der Waals surface area contributed by atoms with Crippen molar-refractivity contribution in [3.05, 3.63) is 24.0 Å². The number of nitrogens with zero attached hydrogens (tertiary/aromatic N) is 2. The highest BCUT2D eigenvalue weighted by molar-refractivity contribution is 5.75. The lowest BCUT2D eigenvalue weighted by molar-refractivity contribution is -0.128. The molecule has 0 aliphatic carbocycles. The fourth-order valence-corrected chi connectivity index (χ4v) is 2.38. The minimum Gasteiger partial charge on any atom is -0.354 e. The summed E-state index contributed by atoms with van der Waals surface area (Å²) >= 11 is 0. The van der Waals surface area contributed by atoms with Gasteiger partial charge in [0.1, 0.15) is 0 Å². The van der Waals surface area contributed by atoms with E-state index in [0.29, 0.717) is 18.4 Å². The zero-order valence-electron chi connectivity index (χ0n) is 13.5. The van der Waals surface area contributed by atoms with Crippen LogP contribution in [0.4, 0.5) is 0 Å². The van der Waals surface area contributed by atoms with Gasteiger partial charge in [0.15, 0.2) is 0 Å². The SMILES string of the molecule is CCNC(c1ccn(CCCC(=O)N(C)C)c1)C(C)C. The third-order valence-corrected chi connectivity index (χ3v) is 3.53. The van der Waals surface area contributed by atoms with Crippen LogP contribution >= 0.6 is 0 Å². The smallest absolute Gasteiger partial charge is 0.222 e. The highest BCUT2D eigenvalue weighted by Gasteiger charge is 2.15. The maximum Gasteiger partial charge on any atom is 0.222 e. The normalized spacial score (nSPS) is 12.7. The van der Waals surface area contributed by atoms with E-state index in [1.54, 1.807) is 19.0 Å². The van der Waals surface area contributed by atoms with Gasteiger partial charge in [0, 0.05) is 45.5 Å². The van der Waals surface area contributed by atoms with Crippen molar-refractivity contribution >= 4 is 5.91 Å². The minimum absolute atomic E-state index is 0.199. The van der Waals surface area contributed by atoms with Crippen molar-refractivity contribution in [3.63, 3.8) is 0 Å². The molecule has 1 N–H and O–H groups in total. The molecule has 0 radical (unpaired) electrons. The first-order valence-corrected chi connectivity index (χ1v) is 7.55. The number of amides is 1. The summed E-state index contributed by atoms with van der Waals surface area (Å²) in [6, 6.07) is 2.59.